The number of rotatable bonds is 3. The van der Waals surface area contributed by atoms with Gasteiger partial charge in [-0.15, -0.1) is 0 Å². The van der Waals surface area contributed by atoms with Gasteiger partial charge in [-0.05, 0) is 41.5 Å². The predicted octanol–water partition coefficient (Wildman–Crippen LogP) is 3.30. The molecule has 0 atom stereocenters. The molecule has 0 saturated carbocycles. The van der Waals surface area contributed by atoms with E-state index in [-0.39, 0.29) is 23.7 Å². The van der Waals surface area contributed by atoms with E-state index in [1.807, 2.05) is 12.1 Å². The number of fused-ring (bicyclic) bond motifs is 1. The van der Waals surface area contributed by atoms with Crippen LogP contribution in [0.25, 0.3) is 22.2 Å². The van der Waals surface area contributed by atoms with Crippen LogP contribution in [0, 0.1) is 17.1 Å². The first-order valence-electron chi connectivity index (χ1n) is 8.09. The van der Waals surface area contributed by atoms with E-state index in [0.29, 0.717) is 16.7 Å². The van der Waals surface area contributed by atoms with Crippen molar-refractivity contribution in [1.82, 2.24) is 9.55 Å². The fourth-order valence-electron chi connectivity index (χ4n) is 2.89. The number of nitrogen functional groups attached to an aromatic ring is 1. The number of hydrogen-bond donors (Lipinski definition) is 1. The maximum atomic E-state index is 13.1. The van der Waals surface area contributed by atoms with Crippen LogP contribution in [-0.4, -0.2) is 9.55 Å². The summed E-state index contributed by atoms with van der Waals surface area (Å²) in [5, 5.41) is 9.10. The quantitative estimate of drug-likeness (QED) is 0.604. The highest BCUT2D eigenvalue weighted by Crippen LogP contribution is 2.26. The van der Waals surface area contributed by atoms with Crippen molar-refractivity contribution >= 4 is 16.9 Å². The molecule has 4 rings (SSSR count). The van der Waals surface area contributed by atoms with Crippen molar-refractivity contribution in [3.63, 3.8) is 0 Å². The Morgan fingerprint density at radius 3 is 2.67 bits per heavy atom. The second kappa shape index (κ2) is 6.42. The smallest absolute Gasteiger partial charge is 0.408 e. The summed E-state index contributed by atoms with van der Waals surface area (Å²) in [6, 6.07) is 14.9. The third-order valence-electron chi connectivity index (χ3n) is 4.29. The first-order valence-corrected chi connectivity index (χ1v) is 8.09. The molecule has 0 aliphatic rings. The largest absolute Gasteiger partial charge is 0.420 e. The summed E-state index contributed by atoms with van der Waals surface area (Å²) in [5.74, 6) is -0.666. The molecular formula is C20H13FN4O2. The average molecular weight is 360 g/mol. The predicted molar refractivity (Wildman–Crippen MR) is 98.3 cm³/mol. The molecule has 27 heavy (non-hydrogen) atoms. The zero-order chi connectivity index (χ0) is 19.0. The summed E-state index contributed by atoms with van der Waals surface area (Å²) >= 11 is 0. The topological polar surface area (TPSA) is 97.8 Å². The van der Waals surface area contributed by atoms with Crippen LogP contribution >= 0.6 is 0 Å². The zero-order valence-electron chi connectivity index (χ0n) is 14.0. The van der Waals surface area contributed by atoms with E-state index < -0.39 is 5.76 Å². The summed E-state index contributed by atoms with van der Waals surface area (Å²) in [5.41, 5.74) is 9.19. The number of hydrogen-bond acceptors (Lipinski definition) is 5. The summed E-state index contributed by atoms with van der Waals surface area (Å²) in [7, 11) is 0. The molecule has 2 N–H and O–H groups in total. The number of nitrogens with zero attached hydrogens (tertiary/aromatic N) is 3. The molecule has 0 amide bonds. The van der Waals surface area contributed by atoms with Gasteiger partial charge in [0.05, 0.1) is 17.6 Å². The van der Waals surface area contributed by atoms with Crippen molar-refractivity contribution in [2.75, 3.05) is 5.73 Å². The molecule has 132 valence electrons. The van der Waals surface area contributed by atoms with Gasteiger partial charge in [-0.25, -0.2) is 14.2 Å². The van der Waals surface area contributed by atoms with E-state index in [9.17, 15) is 9.18 Å². The first-order chi connectivity index (χ1) is 13.0. The number of nitriles is 1. The van der Waals surface area contributed by atoms with Crippen molar-refractivity contribution in [1.29, 1.82) is 5.26 Å². The molecule has 0 spiro atoms. The van der Waals surface area contributed by atoms with Crippen LogP contribution in [0.5, 0.6) is 0 Å². The van der Waals surface area contributed by atoms with Gasteiger partial charge in [0.2, 0.25) is 0 Å². The lowest BCUT2D eigenvalue weighted by molar-refractivity contribution is 0.517. The Kier molecular flexibility index (Phi) is 3.94. The molecule has 0 aliphatic heterocycles. The van der Waals surface area contributed by atoms with Crippen LogP contribution < -0.4 is 11.5 Å². The van der Waals surface area contributed by atoms with Crippen LogP contribution in [0.3, 0.4) is 0 Å². The molecule has 7 heteroatoms. The number of pyridine rings is 1. The van der Waals surface area contributed by atoms with E-state index in [1.54, 1.807) is 36.5 Å². The average Bonchev–Trinajstić information content (AvgIpc) is 2.98. The highest BCUT2D eigenvalue weighted by molar-refractivity contribution is 5.81. The Labute approximate surface area is 152 Å². The standard InChI is InChI=1S/C20H13FN4O2/c21-16-4-1-12(2-5-16)11-25-17-6-3-13(8-18(17)27-20(25)26)15-7-14(9-22)19(23)24-10-15/h1-8,10H,11H2,(H2,23,24). The number of benzene rings is 2. The molecule has 0 radical (unpaired) electrons. The van der Waals surface area contributed by atoms with Crippen LogP contribution in [0.1, 0.15) is 11.1 Å². The Balaban J connectivity index is 1.75. The normalized spacial score (nSPS) is 10.8. The fourth-order valence-corrected chi connectivity index (χ4v) is 2.89. The fraction of sp³-hybridized carbons (Fsp3) is 0.0500. The van der Waals surface area contributed by atoms with Gasteiger partial charge < -0.3 is 10.2 Å². The van der Waals surface area contributed by atoms with E-state index in [0.717, 1.165) is 11.1 Å². The molecule has 4 aromatic rings. The summed E-state index contributed by atoms with van der Waals surface area (Å²) < 4.78 is 19.9. The number of anilines is 1. The zero-order valence-corrected chi connectivity index (χ0v) is 14.0. The summed E-state index contributed by atoms with van der Waals surface area (Å²) in [4.78, 5) is 16.3. The number of halogens is 1. The van der Waals surface area contributed by atoms with E-state index in [2.05, 4.69) is 4.98 Å². The lowest BCUT2D eigenvalue weighted by Crippen LogP contribution is -2.14. The SMILES string of the molecule is N#Cc1cc(-c2ccc3c(c2)oc(=O)n3Cc2ccc(F)cc2)cnc1N. The van der Waals surface area contributed by atoms with Gasteiger partial charge >= 0.3 is 5.76 Å². The lowest BCUT2D eigenvalue weighted by Gasteiger charge is -2.05. The van der Waals surface area contributed by atoms with Crippen LogP contribution in [0.2, 0.25) is 0 Å². The van der Waals surface area contributed by atoms with E-state index in [1.165, 1.54) is 16.7 Å². The molecule has 0 bridgehead atoms. The summed E-state index contributed by atoms with van der Waals surface area (Å²) in [6.07, 6.45) is 1.56. The lowest BCUT2D eigenvalue weighted by atomic mass is 10.1. The monoisotopic (exact) mass is 360 g/mol. The molecule has 2 aromatic carbocycles. The maximum absolute atomic E-state index is 13.1. The molecule has 2 aromatic heterocycles. The van der Waals surface area contributed by atoms with Crippen LogP contribution in [0.15, 0.2) is 63.9 Å². The van der Waals surface area contributed by atoms with Gasteiger partial charge in [0, 0.05) is 11.8 Å². The molecule has 0 aliphatic carbocycles. The minimum Gasteiger partial charge on any atom is -0.408 e. The van der Waals surface area contributed by atoms with Gasteiger partial charge in [0.1, 0.15) is 17.7 Å². The van der Waals surface area contributed by atoms with Gasteiger partial charge in [-0.1, -0.05) is 18.2 Å². The van der Waals surface area contributed by atoms with Gasteiger partial charge in [0.25, 0.3) is 0 Å². The van der Waals surface area contributed by atoms with Gasteiger partial charge in [-0.3, -0.25) is 4.57 Å². The van der Waals surface area contributed by atoms with Crippen molar-refractivity contribution in [2.24, 2.45) is 0 Å². The minimum absolute atomic E-state index is 0.166. The number of oxazole rings is 1. The first kappa shape index (κ1) is 16.5. The number of nitrogens with two attached hydrogens (primary N) is 1. The Morgan fingerprint density at radius 1 is 1.15 bits per heavy atom. The van der Waals surface area contributed by atoms with Crippen LogP contribution in [-0.2, 0) is 6.54 Å². The number of aromatic nitrogens is 2. The van der Waals surface area contributed by atoms with Crippen molar-refractivity contribution in [3.8, 4) is 17.2 Å². The molecule has 0 unspecified atom stereocenters. The summed E-state index contributed by atoms with van der Waals surface area (Å²) in [6.45, 7) is 0.271. The highest BCUT2D eigenvalue weighted by Gasteiger charge is 2.12. The van der Waals surface area contributed by atoms with E-state index in [4.69, 9.17) is 15.4 Å². The second-order valence-electron chi connectivity index (χ2n) is 6.03. The highest BCUT2D eigenvalue weighted by atomic mass is 19.1. The molecule has 0 saturated heterocycles. The van der Waals surface area contributed by atoms with Crippen molar-refractivity contribution in [3.05, 3.63) is 82.2 Å². The van der Waals surface area contributed by atoms with Crippen molar-refractivity contribution in [2.45, 2.75) is 6.54 Å². The Bertz CT molecular complexity index is 1250. The van der Waals surface area contributed by atoms with E-state index >= 15 is 0 Å². The van der Waals surface area contributed by atoms with Crippen molar-refractivity contribution < 1.29 is 8.81 Å². The molecule has 2 heterocycles. The second-order valence-corrected chi connectivity index (χ2v) is 6.03. The Morgan fingerprint density at radius 2 is 1.93 bits per heavy atom. The molecule has 6 nitrogen and oxygen atoms in total. The van der Waals surface area contributed by atoms with Gasteiger partial charge in [0.15, 0.2) is 5.58 Å². The molecular weight excluding hydrogens is 347 g/mol. The van der Waals surface area contributed by atoms with Crippen LogP contribution in [0.4, 0.5) is 10.2 Å². The maximum Gasteiger partial charge on any atom is 0.420 e. The third-order valence-corrected chi connectivity index (χ3v) is 4.29. The van der Waals surface area contributed by atoms with Gasteiger partial charge in [-0.2, -0.15) is 5.26 Å². The minimum atomic E-state index is -0.500. The molecule has 0 fully saturated rings. The third kappa shape index (κ3) is 3.04. The Hall–Kier alpha value is -3.92.